The van der Waals surface area contributed by atoms with Crippen molar-refractivity contribution < 1.29 is 9.90 Å². The molecule has 0 aromatic carbocycles. The SMILES string of the molecule is CCCCCCCCCCCCSC(=S)SNC(C)(C#N)CCC(=O)O. The number of hydrogen-bond acceptors (Lipinski definition) is 6. The fourth-order valence-electron chi connectivity index (χ4n) is 2.42. The van der Waals surface area contributed by atoms with Crippen LogP contribution in [0.25, 0.3) is 0 Å². The smallest absolute Gasteiger partial charge is 0.303 e. The molecule has 2 N–H and O–H groups in total. The van der Waals surface area contributed by atoms with Gasteiger partial charge in [0.1, 0.15) is 9.07 Å². The van der Waals surface area contributed by atoms with Crippen molar-refractivity contribution in [2.24, 2.45) is 0 Å². The summed E-state index contributed by atoms with van der Waals surface area (Å²) < 4.78 is 3.78. The highest BCUT2D eigenvalue weighted by molar-refractivity contribution is 8.46. The van der Waals surface area contributed by atoms with Crippen LogP contribution in [0.1, 0.15) is 90.9 Å². The maximum absolute atomic E-state index is 10.7. The van der Waals surface area contributed by atoms with Crippen LogP contribution in [0.3, 0.4) is 0 Å². The van der Waals surface area contributed by atoms with Crippen molar-refractivity contribution in [1.82, 2.24) is 4.72 Å². The molecule has 7 heteroatoms. The number of carboxylic acids is 1. The molecule has 0 aromatic rings. The van der Waals surface area contributed by atoms with Crippen LogP contribution < -0.4 is 4.72 Å². The Labute approximate surface area is 173 Å². The number of aliphatic carboxylic acids is 1. The van der Waals surface area contributed by atoms with Crippen LogP contribution in [0.4, 0.5) is 0 Å². The van der Waals surface area contributed by atoms with E-state index in [1.54, 1.807) is 18.7 Å². The first kappa shape index (κ1) is 25.7. The van der Waals surface area contributed by atoms with E-state index in [0.717, 1.165) is 15.7 Å². The van der Waals surface area contributed by atoms with Gasteiger partial charge in [-0.1, -0.05) is 76.9 Å². The van der Waals surface area contributed by atoms with Gasteiger partial charge in [0.2, 0.25) is 0 Å². The molecular formula is C19H34N2O2S3. The predicted octanol–water partition coefficient (Wildman–Crippen LogP) is 6.31. The zero-order valence-corrected chi connectivity index (χ0v) is 18.7. The van der Waals surface area contributed by atoms with Gasteiger partial charge in [0.15, 0.2) is 0 Å². The number of thiocarbonyl (C=S) groups is 1. The minimum Gasteiger partial charge on any atom is -0.481 e. The summed E-state index contributed by atoms with van der Waals surface area (Å²) in [5.74, 6) is 0.110. The number of nitrogens with one attached hydrogen (secondary N) is 1. The van der Waals surface area contributed by atoms with Gasteiger partial charge in [0.25, 0.3) is 0 Å². The zero-order chi connectivity index (χ0) is 19.7. The van der Waals surface area contributed by atoms with Gasteiger partial charge < -0.3 is 5.11 Å². The standard InChI is InChI=1S/C19H34N2O2S3/c1-3-4-5-6-7-8-9-10-11-12-15-25-18(24)26-21-19(2,16-20)14-13-17(22)23/h21H,3-15H2,1-2H3,(H,22,23). The lowest BCUT2D eigenvalue weighted by Gasteiger charge is -2.21. The van der Waals surface area contributed by atoms with Gasteiger partial charge in [-0.2, -0.15) is 5.26 Å². The molecule has 4 nitrogen and oxygen atoms in total. The van der Waals surface area contributed by atoms with Gasteiger partial charge in [-0.05, 0) is 37.5 Å². The molecule has 0 radical (unpaired) electrons. The zero-order valence-electron chi connectivity index (χ0n) is 16.2. The molecule has 0 spiro atoms. The lowest BCUT2D eigenvalue weighted by Crippen LogP contribution is -2.37. The summed E-state index contributed by atoms with van der Waals surface area (Å²) in [5, 5.41) is 18.0. The van der Waals surface area contributed by atoms with Gasteiger partial charge in [0, 0.05) is 6.42 Å². The maximum atomic E-state index is 10.7. The summed E-state index contributed by atoms with van der Waals surface area (Å²) in [4.78, 5) is 10.7. The Morgan fingerprint density at radius 2 is 1.65 bits per heavy atom. The average molecular weight is 419 g/mol. The number of hydrogen-bond donors (Lipinski definition) is 2. The van der Waals surface area contributed by atoms with Crippen molar-refractivity contribution in [3.8, 4) is 6.07 Å². The minimum absolute atomic E-state index is 0.0316. The van der Waals surface area contributed by atoms with Gasteiger partial charge in [0.05, 0.1) is 6.07 Å². The van der Waals surface area contributed by atoms with Gasteiger partial charge in [-0.25, -0.2) is 4.72 Å². The van der Waals surface area contributed by atoms with Crippen molar-refractivity contribution in [2.75, 3.05) is 5.75 Å². The molecule has 150 valence electrons. The van der Waals surface area contributed by atoms with Crippen molar-refractivity contribution >= 4 is 45.4 Å². The second-order valence-corrected chi connectivity index (χ2v) is 9.93. The van der Waals surface area contributed by atoms with Crippen LogP contribution in [0.2, 0.25) is 0 Å². The van der Waals surface area contributed by atoms with Crippen molar-refractivity contribution in [3.05, 3.63) is 0 Å². The number of unbranched alkanes of at least 4 members (excludes halogenated alkanes) is 9. The summed E-state index contributed by atoms with van der Waals surface area (Å²) >= 11 is 8.22. The number of nitriles is 1. The Balaban J connectivity index is 3.59. The van der Waals surface area contributed by atoms with E-state index in [0.29, 0.717) is 0 Å². The first-order chi connectivity index (χ1) is 12.4. The summed E-state index contributed by atoms with van der Waals surface area (Å²) in [7, 11) is 0. The molecule has 0 bridgehead atoms. The lowest BCUT2D eigenvalue weighted by molar-refractivity contribution is -0.137. The highest BCUT2D eigenvalue weighted by Crippen LogP contribution is 2.22. The molecule has 26 heavy (non-hydrogen) atoms. The van der Waals surface area contributed by atoms with Crippen molar-refractivity contribution in [2.45, 2.75) is 96.4 Å². The van der Waals surface area contributed by atoms with Crippen LogP contribution in [-0.4, -0.2) is 25.9 Å². The van der Waals surface area contributed by atoms with Gasteiger partial charge >= 0.3 is 5.97 Å². The van der Waals surface area contributed by atoms with Crippen LogP contribution in [-0.2, 0) is 4.79 Å². The van der Waals surface area contributed by atoms with E-state index >= 15 is 0 Å². The first-order valence-corrected chi connectivity index (χ1v) is 11.9. The number of thioether (sulfide) groups is 1. The Morgan fingerprint density at radius 1 is 1.12 bits per heavy atom. The Hall–Kier alpha value is -0.290. The van der Waals surface area contributed by atoms with Crippen LogP contribution in [0.5, 0.6) is 0 Å². The van der Waals surface area contributed by atoms with E-state index in [4.69, 9.17) is 17.3 Å². The molecule has 1 atom stereocenters. The molecule has 0 aliphatic rings. The summed E-state index contributed by atoms with van der Waals surface area (Å²) in [5.41, 5.74) is -0.870. The molecule has 0 aromatic heterocycles. The highest BCUT2D eigenvalue weighted by atomic mass is 32.2. The lowest BCUT2D eigenvalue weighted by atomic mass is 9.99. The monoisotopic (exact) mass is 418 g/mol. The van der Waals surface area contributed by atoms with Crippen LogP contribution >= 0.6 is 35.9 Å². The third-order valence-corrected chi connectivity index (χ3v) is 6.82. The molecule has 1 unspecified atom stereocenters. The van der Waals surface area contributed by atoms with Gasteiger partial charge in [-0.3, -0.25) is 4.79 Å². The fourth-order valence-corrected chi connectivity index (χ4v) is 4.37. The normalized spacial score (nSPS) is 13.1. The number of rotatable bonds is 16. The van der Waals surface area contributed by atoms with Crippen molar-refractivity contribution in [3.63, 3.8) is 0 Å². The van der Waals surface area contributed by atoms with E-state index < -0.39 is 11.5 Å². The summed E-state index contributed by atoms with van der Waals surface area (Å²) in [6.07, 6.45) is 13.5. The Morgan fingerprint density at radius 3 is 2.15 bits per heavy atom. The average Bonchev–Trinajstić information content (AvgIpc) is 2.62. The second-order valence-electron chi connectivity index (χ2n) is 6.82. The fraction of sp³-hybridized carbons (Fsp3) is 0.842. The van der Waals surface area contributed by atoms with E-state index in [-0.39, 0.29) is 12.8 Å². The molecule has 0 aliphatic carbocycles. The summed E-state index contributed by atoms with van der Waals surface area (Å²) in [6, 6.07) is 2.14. The number of carbonyl (C=O) groups is 1. The van der Waals surface area contributed by atoms with Crippen LogP contribution in [0, 0.1) is 11.3 Å². The molecule has 0 saturated carbocycles. The van der Waals surface area contributed by atoms with E-state index in [9.17, 15) is 10.1 Å². The third-order valence-electron chi connectivity index (χ3n) is 4.16. The third kappa shape index (κ3) is 15.9. The van der Waals surface area contributed by atoms with E-state index in [1.807, 2.05) is 0 Å². The van der Waals surface area contributed by atoms with Crippen LogP contribution in [0.15, 0.2) is 0 Å². The number of carboxylic acid groups (broad SMARTS) is 1. The quantitative estimate of drug-likeness (QED) is 0.173. The van der Waals surface area contributed by atoms with Crippen molar-refractivity contribution in [1.29, 1.82) is 5.26 Å². The molecule has 0 amide bonds. The minimum atomic E-state index is -0.892. The topological polar surface area (TPSA) is 73.1 Å². The van der Waals surface area contributed by atoms with E-state index in [2.05, 4.69) is 17.7 Å². The predicted molar refractivity (Wildman–Crippen MR) is 119 cm³/mol. The number of nitrogens with zero attached hydrogens (tertiary/aromatic N) is 1. The molecule has 0 heterocycles. The van der Waals surface area contributed by atoms with E-state index in [1.165, 1.54) is 69.7 Å². The Bertz CT molecular complexity index is 441. The second kappa shape index (κ2) is 16.9. The molecular weight excluding hydrogens is 384 g/mol. The summed E-state index contributed by atoms with van der Waals surface area (Å²) in [6.45, 7) is 3.96. The maximum Gasteiger partial charge on any atom is 0.303 e. The molecule has 0 rings (SSSR count). The molecule has 0 fully saturated rings. The first-order valence-electron chi connectivity index (χ1n) is 9.67. The Kier molecular flexibility index (Phi) is 16.7. The highest BCUT2D eigenvalue weighted by Gasteiger charge is 2.25. The molecule has 0 saturated heterocycles. The largest absolute Gasteiger partial charge is 0.481 e. The van der Waals surface area contributed by atoms with Gasteiger partial charge in [-0.15, -0.1) is 11.8 Å². The molecule has 0 aliphatic heterocycles.